The molecule has 1 fully saturated rings. The molecule has 1 aliphatic heterocycles. The minimum atomic E-state index is -0.465. The Morgan fingerprint density at radius 2 is 1.64 bits per heavy atom. The number of amides is 1. The number of primary amides is 1. The first-order chi connectivity index (χ1) is 17.1. The zero-order valence-electron chi connectivity index (χ0n) is 22.5. The van der Waals surface area contributed by atoms with Crippen molar-refractivity contribution < 1.29 is 19.1 Å². The van der Waals surface area contributed by atoms with Crippen LogP contribution in [-0.4, -0.2) is 110 Å². The van der Waals surface area contributed by atoms with Crippen LogP contribution in [0.2, 0.25) is 0 Å². The lowest BCUT2D eigenvalue weighted by Crippen LogP contribution is -2.49. The van der Waals surface area contributed by atoms with E-state index in [-0.39, 0.29) is 24.3 Å². The number of Topliss-reactive ketones (excluding diaryl/α,β-unsaturated/α-hetero) is 1. The van der Waals surface area contributed by atoms with Crippen LogP contribution in [0.3, 0.4) is 0 Å². The fourth-order valence-corrected chi connectivity index (χ4v) is 3.26. The van der Waals surface area contributed by atoms with Crippen LogP contribution in [0.4, 0.5) is 11.9 Å². The zero-order chi connectivity index (χ0) is 27.1. The molecule has 6 N–H and O–H groups in total. The smallest absolute Gasteiger partial charge is 0.323 e. The van der Waals surface area contributed by atoms with Gasteiger partial charge in [0.05, 0.1) is 19.8 Å². The predicted molar refractivity (Wildman–Crippen MR) is 140 cm³/mol. The van der Waals surface area contributed by atoms with Crippen molar-refractivity contribution in [2.45, 2.75) is 40.2 Å². The fraction of sp³-hybridized carbons (Fsp3) is 0.783. The molecule has 1 saturated heterocycles. The monoisotopic (exact) mass is 511 g/mol. The van der Waals surface area contributed by atoms with Crippen LogP contribution >= 0.6 is 0 Å². The lowest BCUT2D eigenvalue weighted by atomic mass is 10.1. The summed E-state index contributed by atoms with van der Waals surface area (Å²) >= 11 is 0. The summed E-state index contributed by atoms with van der Waals surface area (Å²) in [6.45, 7) is 13.7. The third-order valence-electron chi connectivity index (χ3n) is 5.41. The number of carbonyl (C=O) groups is 2. The molecule has 206 valence electrons. The van der Waals surface area contributed by atoms with E-state index < -0.39 is 5.91 Å². The normalized spacial score (nSPS) is 14.0. The number of carbonyl (C=O) groups excluding carboxylic acids is 2. The number of aromatic nitrogens is 3. The van der Waals surface area contributed by atoms with E-state index in [1.54, 1.807) is 11.9 Å². The third kappa shape index (κ3) is 11.9. The molecule has 0 spiro atoms. The summed E-state index contributed by atoms with van der Waals surface area (Å²) in [4.78, 5) is 41.3. The van der Waals surface area contributed by atoms with Gasteiger partial charge in [-0.25, -0.2) is 0 Å². The second kappa shape index (κ2) is 17.0. The van der Waals surface area contributed by atoms with Gasteiger partial charge in [-0.15, -0.1) is 0 Å². The predicted octanol–water partition coefficient (Wildman–Crippen LogP) is -0.762. The van der Waals surface area contributed by atoms with Gasteiger partial charge in [0, 0.05) is 58.2 Å². The summed E-state index contributed by atoms with van der Waals surface area (Å²) in [5, 5.41) is 0. The van der Waals surface area contributed by atoms with E-state index in [0.717, 1.165) is 26.2 Å². The molecule has 0 saturated carbocycles. The minimum Gasteiger partial charge on any atom is -0.461 e. The maximum absolute atomic E-state index is 11.3. The number of nitrogens with zero attached hydrogens (tertiary/aromatic N) is 6. The van der Waals surface area contributed by atoms with Crippen LogP contribution in [0.5, 0.6) is 6.01 Å². The highest BCUT2D eigenvalue weighted by Gasteiger charge is 2.23. The summed E-state index contributed by atoms with van der Waals surface area (Å²) < 4.78 is 10.9. The molecule has 13 heteroatoms. The average molecular weight is 512 g/mol. The van der Waals surface area contributed by atoms with Crippen LogP contribution < -0.4 is 31.7 Å². The second-order valence-electron chi connectivity index (χ2n) is 9.07. The Balaban J connectivity index is 0.000000697. The van der Waals surface area contributed by atoms with Gasteiger partial charge in [-0.1, -0.05) is 13.8 Å². The van der Waals surface area contributed by atoms with E-state index >= 15 is 0 Å². The van der Waals surface area contributed by atoms with E-state index in [1.807, 2.05) is 13.8 Å². The van der Waals surface area contributed by atoms with Gasteiger partial charge >= 0.3 is 6.01 Å². The standard InChI is InChI=1S/C17H32N8O3.C6H13NO/c1-13(2)24-5-7-25(8-6-24)16-20-15(23(3)12-14(19)26)21-17(22-16)28-11-10-27-9-4-18;1-5(2)6(8)3-4-7/h13H,4-12,18H2,1-3H3,(H2,19,26);5H,3-4,7H2,1-2H3. The van der Waals surface area contributed by atoms with Gasteiger partial charge in [-0.2, -0.15) is 15.0 Å². The Bertz CT molecular complexity index is 787. The highest BCUT2D eigenvalue weighted by Crippen LogP contribution is 2.19. The Kier molecular flexibility index (Phi) is 14.8. The second-order valence-corrected chi connectivity index (χ2v) is 9.07. The van der Waals surface area contributed by atoms with Crippen LogP contribution in [0, 0.1) is 5.92 Å². The van der Waals surface area contributed by atoms with E-state index in [2.05, 4.69) is 38.6 Å². The highest BCUT2D eigenvalue weighted by molar-refractivity contribution is 5.80. The first-order valence-electron chi connectivity index (χ1n) is 12.5. The van der Waals surface area contributed by atoms with Crippen molar-refractivity contribution in [3.63, 3.8) is 0 Å². The van der Waals surface area contributed by atoms with Crippen molar-refractivity contribution in [3.05, 3.63) is 0 Å². The Labute approximate surface area is 214 Å². The molecule has 1 aromatic heterocycles. The summed E-state index contributed by atoms with van der Waals surface area (Å²) in [6, 6.07) is 0.698. The molecule has 2 rings (SSSR count). The molecule has 0 aromatic carbocycles. The molecule has 0 bridgehead atoms. The van der Waals surface area contributed by atoms with Crippen molar-refractivity contribution in [2.24, 2.45) is 23.1 Å². The van der Waals surface area contributed by atoms with Crippen LogP contribution in [0.1, 0.15) is 34.1 Å². The van der Waals surface area contributed by atoms with Gasteiger partial charge in [-0.05, 0) is 20.4 Å². The minimum absolute atomic E-state index is 0.00360. The number of rotatable bonds is 14. The molecule has 2 heterocycles. The molecule has 0 aliphatic carbocycles. The van der Waals surface area contributed by atoms with Crippen molar-refractivity contribution in [2.75, 3.05) is 82.5 Å². The highest BCUT2D eigenvalue weighted by atomic mass is 16.5. The largest absolute Gasteiger partial charge is 0.461 e. The SMILES string of the molecule is CC(C)C(=O)CCN.CC(C)N1CCN(c2nc(OCCOCCN)nc(N(C)CC(N)=O)n2)CC1. The van der Waals surface area contributed by atoms with Gasteiger partial charge in [-0.3, -0.25) is 14.5 Å². The Morgan fingerprint density at radius 3 is 2.14 bits per heavy atom. The molecule has 1 aliphatic rings. The maximum atomic E-state index is 11.3. The Hall–Kier alpha value is -2.61. The average Bonchev–Trinajstić information content (AvgIpc) is 2.84. The molecule has 0 atom stereocenters. The zero-order valence-corrected chi connectivity index (χ0v) is 22.5. The molecule has 0 radical (unpaired) electrons. The van der Waals surface area contributed by atoms with E-state index in [4.69, 9.17) is 26.7 Å². The maximum Gasteiger partial charge on any atom is 0.323 e. The van der Waals surface area contributed by atoms with Crippen molar-refractivity contribution in [3.8, 4) is 6.01 Å². The number of ketones is 1. The van der Waals surface area contributed by atoms with Gasteiger partial charge in [0.15, 0.2) is 0 Å². The molecule has 13 nitrogen and oxygen atoms in total. The summed E-state index contributed by atoms with van der Waals surface area (Å²) in [7, 11) is 1.70. The van der Waals surface area contributed by atoms with Crippen LogP contribution in [0.25, 0.3) is 0 Å². The molecule has 1 aromatic rings. The van der Waals surface area contributed by atoms with Gasteiger partial charge in [0.1, 0.15) is 12.4 Å². The first kappa shape index (κ1) is 31.4. The number of hydrogen-bond donors (Lipinski definition) is 3. The van der Waals surface area contributed by atoms with E-state index in [0.29, 0.717) is 57.3 Å². The van der Waals surface area contributed by atoms with Gasteiger partial charge in [0.25, 0.3) is 0 Å². The number of piperazine rings is 1. The van der Waals surface area contributed by atoms with Crippen molar-refractivity contribution in [1.82, 2.24) is 19.9 Å². The van der Waals surface area contributed by atoms with E-state index in [1.165, 1.54) is 0 Å². The lowest BCUT2D eigenvalue weighted by molar-refractivity contribution is -0.121. The van der Waals surface area contributed by atoms with Crippen LogP contribution in [0.15, 0.2) is 0 Å². The van der Waals surface area contributed by atoms with Gasteiger partial charge < -0.3 is 36.5 Å². The number of anilines is 2. The summed E-state index contributed by atoms with van der Waals surface area (Å²) in [5.74, 6) is 0.814. The molecule has 36 heavy (non-hydrogen) atoms. The van der Waals surface area contributed by atoms with Crippen molar-refractivity contribution >= 4 is 23.6 Å². The van der Waals surface area contributed by atoms with Crippen LogP contribution in [-0.2, 0) is 14.3 Å². The lowest BCUT2D eigenvalue weighted by Gasteiger charge is -2.37. The number of hydrogen-bond acceptors (Lipinski definition) is 12. The van der Waals surface area contributed by atoms with Gasteiger partial charge in [0.2, 0.25) is 17.8 Å². The molecular formula is C23H45N9O4. The van der Waals surface area contributed by atoms with E-state index in [9.17, 15) is 9.59 Å². The quantitative estimate of drug-likeness (QED) is 0.266. The van der Waals surface area contributed by atoms with Crippen molar-refractivity contribution in [1.29, 1.82) is 0 Å². The first-order valence-corrected chi connectivity index (χ1v) is 12.5. The fourth-order valence-electron chi connectivity index (χ4n) is 3.26. The molecule has 0 unspecified atom stereocenters. The summed E-state index contributed by atoms with van der Waals surface area (Å²) in [5.41, 5.74) is 15.8. The topological polar surface area (TPSA) is 179 Å². The number of nitrogens with two attached hydrogens (primary N) is 3. The molecule has 1 amide bonds. The Morgan fingerprint density at radius 1 is 0.972 bits per heavy atom. The summed E-state index contributed by atoms with van der Waals surface area (Å²) in [6.07, 6.45) is 0.525. The number of ether oxygens (including phenoxy) is 2. The molecular weight excluding hydrogens is 466 g/mol. The number of likely N-dealkylation sites (N-methyl/N-ethyl adjacent to an activating group) is 1. The third-order valence-corrected chi connectivity index (χ3v) is 5.41.